The molecular weight excluding hydrogens is 413 g/mol. The lowest BCUT2D eigenvalue weighted by Crippen LogP contribution is -2.05. The zero-order valence-corrected chi connectivity index (χ0v) is 15.6. The molecule has 0 aliphatic rings. The Hall–Kier alpha value is -4.21. The molecule has 0 unspecified atom stereocenters. The molecular formula is C21H13F3N4O3. The van der Waals surface area contributed by atoms with Gasteiger partial charge in [-0.25, -0.2) is 9.97 Å². The van der Waals surface area contributed by atoms with Crippen LogP contribution in [0.2, 0.25) is 0 Å². The predicted octanol–water partition coefficient (Wildman–Crippen LogP) is 5.67. The van der Waals surface area contributed by atoms with Gasteiger partial charge in [-0.1, -0.05) is 18.2 Å². The van der Waals surface area contributed by atoms with Crippen LogP contribution >= 0.6 is 0 Å². The van der Waals surface area contributed by atoms with Crippen LogP contribution in [0.3, 0.4) is 0 Å². The average molecular weight is 426 g/mol. The number of anilines is 2. The second-order valence-corrected chi connectivity index (χ2v) is 6.61. The minimum absolute atomic E-state index is 0.00936. The topological polar surface area (TPSA) is 101 Å². The molecule has 0 radical (unpaired) electrons. The SMILES string of the molecule is O=[N+]([O-])c1ccc2nc(-c3cccc(C(F)(F)F)c3)nc(Nc3cccc(O)c3)c2c1. The molecule has 31 heavy (non-hydrogen) atoms. The first-order chi connectivity index (χ1) is 14.7. The zero-order valence-electron chi connectivity index (χ0n) is 15.6. The van der Waals surface area contributed by atoms with Gasteiger partial charge < -0.3 is 10.4 Å². The Kier molecular flexibility index (Phi) is 4.90. The van der Waals surface area contributed by atoms with Crippen molar-refractivity contribution >= 4 is 28.1 Å². The van der Waals surface area contributed by atoms with E-state index in [4.69, 9.17) is 0 Å². The molecule has 1 aromatic heterocycles. The highest BCUT2D eigenvalue weighted by Gasteiger charge is 2.30. The third-order valence-electron chi connectivity index (χ3n) is 4.45. The molecule has 0 bridgehead atoms. The van der Waals surface area contributed by atoms with Crippen LogP contribution in [0.5, 0.6) is 5.75 Å². The smallest absolute Gasteiger partial charge is 0.416 e. The zero-order chi connectivity index (χ0) is 22.2. The molecule has 3 aromatic carbocycles. The molecule has 7 nitrogen and oxygen atoms in total. The monoisotopic (exact) mass is 426 g/mol. The Morgan fingerprint density at radius 3 is 2.45 bits per heavy atom. The standard InChI is InChI=1S/C21H13F3N4O3/c22-21(23,24)13-4-1-3-12(9-13)19-26-18-8-7-15(28(30)31)11-17(18)20(27-19)25-14-5-2-6-16(29)10-14/h1-11,29H,(H,25,26,27). The van der Waals surface area contributed by atoms with Crippen molar-refractivity contribution in [2.75, 3.05) is 5.32 Å². The van der Waals surface area contributed by atoms with Crippen molar-refractivity contribution in [3.05, 3.63) is 82.4 Å². The summed E-state index contributed by atoms with van der Waals surface area (Å²) in [7, 11) is 0. The lowest BCUT2D eigenvalue weighted by Gasteiger charge is -2.12. The fraction of sp³-hybridized carbons (Fsp3) is 0.0476. The van der Waals surface area contributed by atoms with Crippen LogP contribution in [0.4, 0.5) is 30.4 Å². The Balaban J connectivity index is 1.90. The maximum Gasteiger partial charge on any atom is 0.416 e. The molecule has 0 aliphatic heterocycles. The summed E-state index contributed by atoms with van der Waals surface area (Å²) in [5.74, 6) is 0.134. The largest absolute Gasteiger partial charge is 0.508 e. The van der Waals surface area contributed by atoms with E-state index in [9.17, 15) is 28.4 Å². The first-order valence-electron chi connectivity index (χ1n) is 8.90. The number of aromatic hydroxyl groups is 1. The van der Waals surface area contributed by atoms with Crippen molar-refractivity contribution in [1.29, 1.82) is 0 Å². The lowest BCUT2D eigenvalue weighted by molar-refractivity contribution is -0.384. The number of non-ortho nitro benzene ring substituents is 1. The predicted molar refractivity (Wildman–Crippen MR) is 108 cm³/mol. The van der Waals surface area contributed by atoms with Gasteiger partial charge in [0.1, 0.15) is 11.6 Å². The van der Waals surface area contributed by atoms with Gasteiger partial charge in [-0.05, 0) is 30.3 Å². The van der Waals surface area contributed by atoms with E-state index in [0.717, 1.165) is 12.1 Å². The molecule has 1 heterocycles. The molecule has 0 aliphatic carbocycles. The summed E-state index contributed by atoms with van der Waals surface area (Å²) in [6.07, 6.45) is -4.53. The summed E-state index contributed by atoms with van der Waals surface area (Å²) in [6, 6.07) is 14.6. The number of hydrogen-bond donors (Lipinski definition) is 2. The molecule has 0 spiro atoms. The molecule has 4 aromatic rings. The fourth-order valence-electron chi connectivity index (χ4n) is 3.01. The Labute approximate surface area is 173 Å². The van der Waals surface area contributed by atoms with E-state index in [1.54, 1.807) is 12.1 Å². The highest BCUT2D eigenvalue weighted by molar-refractivity contribution is 5.93. The normalized spacial score (nSPS) is 11.5. The minimum atomic E-state index is -4.53. The summed E-state index contributed by atoms with van der Waals surface area (Å²) >= 11 is 0. The number of rotatable bonds is 4. The number of halogens is 3. The molecule has 0 saturated carbocycles. The van der Waals surface area contributed by atoms with Crippen molar-refractivity contribution in [3.8, 4) is 17.1 Å². The van der Waals surface area contributed by atoms with Gasteiger partial charge in [0.2, 0.25) is 0 Å². The van der Waals surface area contributed by atoms with Crippen LogP contribution in [-0.2, 0) is 6.18 Å². The van der Waals surface area contributed by atoms with E-state index >= 15 is 0 Å². The third-order valence-corrected chi connectivity index (χ3v) is 4.45. The van der Waals surface area contributed by atoms with E-state index in [-0.39, 0.29) is 28.6 Å². The van der Waals surface area contributed by atoms with Crippen LogP contribution in [-0.4, -0.2) is 20.0 Å². The number of nitrogens with one attached hydrogen (secondary N) is 1. The van der Waals surface area contributed by atoms with Gasteiger partial charge >= 0.3 is 6.18 Å². The number of alkyl halides is 3. The van der Waals surface area contributed by atoms with Crippen LogP contribution in [0.1, 0.15) is 5.56 Å². The molecule has 0 fully saturated rings. The molecule has 0 saturated heterocycles. The van der Waals surface area contributed by atoms with Gasteiger partial charge in [0.05, 0.1) is 16.0 Å². The highest BCUT2D eigenvalue weighted by Crippen LogP contribution is 2.34. The highest BCUT2D eigenvalue weighted by atomic mass is 19.4. The van der Waals surface area contributed by atoms with E-state index < -0.39 is 16.7 Å². The first-order valence-corrected chi connectivity index (χ1v) is 8.90. The van der Waals surface area contributed by atoms with E-state index in [0.29, 0.717) is 16.6 Å². The maximum absolute atomic E-state index is 13.1. The number of phenolic OH excluding ortho intramolecular Hbond substituents is 1. The summed E-state index contributed by atoms with van der Waals surface area (Å²) in [6.45, 7) is 0. The minimum Gasteiger partial charge on any atom is -0.508 e. The second kappa shape index (κ2) is 7.56. The summed E-state index contributed by atoms with van der Waals surface area (Å²) < 4.78 is 39.4. The quantitative estimate of drug-likeness (QED) is 0.322. The molecule has 0 atom stereocenters. The number of hydrogen-bond acceptors (Lipinski definition) is 6. The van der Waals surface area contributed by atoms with Crippen LogP contribution in [0, 0.1) is 10.1 Å². The summed E-state index contributed by atoms with van der Waals surface area (Å²) in [4.78, 5) is 19.2. The van der Waals surface area contributed by atoms with Gasteiger partial charge in [0, 0.05) is 34.8 Å². The summed E-state index contributed by atoms with van der Waals surface area (Å²) in [5.41, 5.74) is -0.173. The van der Waals surface area contributed by atoms with E-state index in [1.165, 1.54) is 42.5 Å². The van der Waals surface area contributed by atoms with E-state index in [1.807, 2.05) is 0 Å². The molecule has 10 heteroatoms. The van der Waals surface area contributed by atoms with E-state index in [2.05, 4.69) is 15.3 Å². The van der Waals surface area contributed by atoms with Gasteiger partial charge in [0.15, 0.2) is 5.82 Å². The fourth-order valence-corrected chi connectivity index (χ4v) is 3.01. The Bertz CT molecular complexity index is 1310. The lowest BCUT2D eigenvalue weighted by atomic mass is 10.1. The molecule has 4 rings (SSSR count). The molecule has 156 valence electrons. The van der Waals surface area contributed by atoms with Gasteiger partial charge in [-0.2, -0.15) is 13.2 Å². The number of fused-ring (bicyclic) bond motifs is 1. The number of benzene rings is 3. The van der Waals surface area contributed by atoms with Crippen molar-refractivity contribution in [3.63, 3.8) is 0 Å². The van der Waals surface area contributed by atoms with Crippen molar-refractivity contribution in [2.24, 2.45) is 0 Å². The number of nitro groups is 1. The second-order valence-electron chi connectivity index (χ2n) is 6.61. The third kappa shape index (κ3) is 4.22. The Morgan fingerprint density at radius 1 is 0.968 bits per heavy atom. The average Bonchev–Trinajstić information content (AvgIpc) is 2.73. The van der Waals surface area contributed by atoms with Crippen molar-refractivity contribution in [1.82, 2.24) is 9.97 Å². The Morgan fingerprint density at radius 2 is 1.74 bits per heavy atom. The van der Waals surface area contributed by atoms with Gasteiger partial charge in [-0.15, -0.1) is 0 Å². The number of aromatic nitrogens is 2. The number of nitro benzene ring substituents is 1. The number of phenols is 1. The van der Waals surface area contributed by atoms with Crippen molar-refractivity contribution < 1.29 is 23.2 Å². The van der Waals surface area contributed by atoms with Crippen molar-refractivity contribution in [2.45, 2.75) is 6.18 Å². The molecule has 0 amide bonds. The maximum atomic E-state index is 13.1. The van der Waals surface area contributed by atoms with Crippen LogP contribution < -0.4 is 5.32 Å². The van der Waals surface area contributed by atoms with Crippen LogP contribution in [0.25, 0.3) is 22.3 Å². The van der Waals surface area contributed by atoms with Gasteiger partial charge in [-0.3, -0.25) is 10.1 Å². The molecule has 2 N–H and O–H groups in total. The summed E-state index contributed by atoms with van der Waals surface area (Å²) in [5, 5.41) is 24.1. The first kappa shape index (κ1) is 20.1. The van der Waals surface area contributed by atoms with Crippen LogP contribution in [0.15, 0.2) is 66.7 Å². The number of nitrogens with zero attached hydrogens (tertiary/aromatic N) is 3. The van der Waals surface area contributed by atoms with Gasteiger partial charge in [0.25, 0.3) is 5.69 Å².